The zero-order valence-electron chi connectivity index (χ0n) is 14.4. The van der Waals surface area contributed by atoms with Gasteiger partial charge in [0, 0.05) is 23.4 Å². The molecule has 0 radical (unpaired) electrons. The van der Waals surface area contributed by atoms with E-state index in [0.717, 1.165) is 28.7 Å². The fraction of sp³-hybridized carbons (Fsp3) is 0. The first-order chi connectivity index (χ1) is 13.4. The monoisotopic (exact) mass is 394 g/mol. The van der Waals surface area contributed by atoms with Crippen LogP contribution in [-0.2, 0) is 10.0 Å². The lowest BCUT2D eigenvalue weighted by Crippen LogP contribution is -2.12. The molecular formula is C19H14N4O4S. The van der Waals surface area contributed by atoms with Gasteiger partial charge in [-0.05, 0) is 36.4 Å². The van der Waals surface area contributed by atoms with Crippen LogP contribution in [0, 0.1) is 10.1 Å². The number of hydrogen-bond acceptors (Lipinski definition) is 5. The van der Waals surface area contributed by atoms with Crippen molar-refractivity contribution in [3.8, 4) is 11.4 Å². The second-order valence-corrected chi connectivity index (χ2v) is 7.72. The fourth-order valence-electron chi connectivity index (χ4n) is 2.78. The largest absolute Gasteiger partial charge is 0.338 e. The van der Waals surface area contributed by atoms with E-state index >= 15 is 0 Å². The molecular weight excluding hydrogens is 380 g/mol. The number of nitro benzene ring substituents is 1. The van der Waals surface area contributed by atoms with E-state index in [1.54, 1.807) is 18.2 Å². The molecule has 4 rings (SSSR count). The number of sulfonamides is 1. The molecule has 1 aromatic heterocycles. The molecule has 0 aliphatic heterocycles. The third kappa shape index (κ3) is 3.42. The molecule has 0 spiro atoms. The number of nitrogens with zero attached hydrogens (tertiary/aromatic N) is 2. The number of hydrogen-bond donors (Lipinski definition) is 2. The average Bonchev–Trinajstić information content (AvgIpc) is 3.12. The molecule has 4 aromatic rings. The van der Waals surface area contributed by atoms with Crippen LogP contribution in [0.15, 0.2) is 77.7 Å². The van der Waals surface area contributed by atoms with Crippen molar-refractivity contribution in [1.29, 1.82) is 0 Å². The van der Waals surface area contributed by atoms with Crippen LogP contribution in [0.3, 0.4) is 0 Å². The van der Waals surface area contributed by atoms with Crippen LogP contribution in [0.4, 0.5) is 11.4 Å². The summed E-state index contributed by atoms with van der Waals surface area (Å²) in [4.78, 5) is 17.8. The SMILES string of the molecule is O=[N+]([O-])c1ccc(S(=O)(=O)Nc2cccc(-c3nc4ccccc4[nH]3)c2)cc1. The quantitative estimate of drug-likeness (QED) is 0.393. The highest BCUT2D eigenvalue weighted by Gasteiger charge is 2.16. The molecule has 0 amide bonds. The summed E-state index contributed by atoms with van der Waals surface area (Å²) in [5.74, 6) is 0.623. The first kappa shape index (κ1) is 17.7. The van der Waals surface area contributed by atoms with Crippen molar-refractivity contribution in [3.05, 3.63) is 82.9 Å². The summed E-state index contributed by atoms with van der Waals surface area (Å²) in [6, 6.07) is 19.1. The van der Waals surface area contributed by atoms with Crippen LogP contribution in [0.2, 0.25) is 0 Å². The summed E-state index contributed by atoms with van der Waals surface area (Å²) in [5, 5.41) is 10.7. The number of fused-ring (bicyclic) bond motifs is 1. The summed E-state index contributed by atoms with van der Waals surface area (Å²) in [5.41, 5.74) is 2.60. The van der Waals surface area contributed by atoms with Crippen LogP contribution in [0.1, 0.15) is 0 Å². The van der Waals surface area contributed by atoms with E-state index in [1.807, 2.05) is 30.3 Å². The molecule has 0 fully saturated rings. The second kappa shape index (κ2) is 6.78. The minimum Gasteiger partial charge on any atom is -0.338 e. The molecule has 1 heterocycles. The van der Waals surface area contributed by atoms with E-state index in [0.29, 0.717) is 11.5 Å². The third-order valence-corrected chi connectivity index (χ3v) is 5.53. The number of benzene rings is 3. The molecule has 140 valence electrons. The Balaban J connectivity index is 1.63. The van der Waals surface area contributed by atoms with E-state index in [2.05, 4.69) is 14.7 Å². The number of non-ortho nitro benzene ring substituents is 1. The van der Waals surface area contributed by atoms with E-state index in [-0.39, 0.29) is 10.6 Å². The summed E-state index contributed by atoms with van der Waals surface area (Å²) in [7, 11) is -3.88. The van der Waals surface area contributed by atoms with Gasteiger partial charge in [-0.2, -0.15) is 0 Å². The highest BCUT2D eigenvalue weighted by atomic mass is 32.2. The van der Waals surface area contributed by atoms with E-state index in [1.165, 1.54) is 12.1 Å². The summed E-state index contributed by atoms with van der Waals surface area (Å²) in [6.45, 7) is 0. The maximum Gasteiger partial charge on any atom is 0.269 e. The van der Waals surface area contributed by atoms with Crippen LogP contribution >= 0.6 is 0 Å². The number of nitrogens with one attached hydrogen (secondary N) is 2. The van der Waals surface area contributed by atoms with Crippen LogP contribution < -0.4 is 4.72 Å². The molecule has 3 aromatic carbocycles. The highest BCUT2D eigenvalue weighted by Crippen LogP contribution is 2.25. The van der Waals surface area contributed by atoms with Gasteiger partial charge in [-0.15, -0.1) is 0 Å². The Kier molecular flexibility index (Phi) is 4.28. The zero-order chi connectivity index (χ0) is 19.7. The molecule has 0 saturated heterocycles. The van der Waals surface area contributed by atoms with Gasteiger partial charge in [0.25, 0.3) is 15.7 Å². The predicted molar refractivity (Wildman–Crippen MR) is 105 cm³/mol. The van der Waals surface area contributed by atoms with E-state index in [9.17, 15) is 18.5 Å². The zero-order valence-corrected chi connectivity index (χ0v) is 15.2. The number of anilines is 1. The minimum absolute atomic E-state index is 0.0627. The third-order valence-electron chi connectivity index (χ3n) is 4.14. The van der Waals surface area contributed by atoms with Crippen molar-refractivity contribution in [1.82, 2.24) is 9.97 Å². The number of nitro groups is 1. The van der Waals surface area contributed by atoms with E-state index < -0.39 is 14.9 Å². The van der Waals surface area contributed by atoms with Gasteiger partial charge in [-0.25, -0.2) is 13.4 Å². The topological polar surface area (TPSA) is 118 Å². The summed E-state index contributed by atoms with van der Waals surface area (Å²) in [6.07, 6.45) is 0. The van der Waals surface area contributed by atoms with Crippen molar-refractivity contribution in [2.45, 2.75) is 4.90 Å². The fourth-order valence-corrected chi connectivity index (χ4v) is 3.83. The number of rotatable bonds is 5. The maximum atomic E-state index is 12.6. The van der Waals surface area contributed by atoms with Gasteiger partial charge in [-0.1, -0.05) is 24.3 Å². The molecule has 2 N–H and O–H groups in total. The molecule has 8 nitrogen and oxygen atoms in total. The van der Waals surface area contributed by atoms with Crippen molar-refractivity contribution < 1.29 is 13.3 Å². The van der Waals surface area contributed by atoms with Gasteiger partial charge in [0.2, 0.25) is 0 Å². The van der Waals surface area contributed by atoms with Crippen molar-refractivity contribution in [2.24, 2.45) is 0 Å². The van der Waals surface area contributed by atoms with E-state index in [4.69, 9.17) is 0 Å². The Morgan fingerprint density at radius 3 is 2.43 bits per heavy atom. The number of imidazole rings is 1. The lowest BCUT2D eigenvalue weighted by atomic mass is 10.2. The highest BCUT2D eigenvalue weighted by molar-refractivity contribution is 7.92. The molecule has 0 atom stereocenters. The van der Waals surface area contributed by atoms with Crippen LogP contribution in [-0.4, -0.2) is 23.3 Å². The normalized spacial score (nSPS) is 11.4. The predicted octanol–water partition coefficient (Wildman–Crippen LogP) is 3.94. The lowest BCUT2D eigenvalue weighted by Gasteiger charge is -2.09. The molecule has 0 saturated carbocycles. The first-order valence-corrected chi connectivity index (χ1v) is 9.73. The Bertz CT molecular complexity index is 1250. The molecule has 9 heteroatoms. The number of aromatic nitrogens is 2. The second-order valence-electron chi connectivity index (χ2n) is 6.04. The van der Waals surface area contributed by atoms with Gasteiger partial charge >= 0.3 is 0 Å². The van der Waals surface area contributed by atoms with Crippen molar-refractivity contribution in [3.63, 3.8) is 0 Å². The number of H-pyrrole nitrogens is 1. The number of para-hydroxylation sites is 2. The smallest absolute Gasteiger partial charge is 0.269 e. The number of aromatic amines is 1. The Morgan fingerprint density at radius 2 is 1.71 bits per heavy atom. The molecule has 0 aliphatic carbocycles. The van der Waals surface area contributed by atoms with Crippen LogP contribution in [0.25, 0.3) is 22.4 Å². The molecule has 0 unspecified atom stereocenters. The molecule has 0 bridgehead atoms. The van der Waals surface area contributed by atoms with Gasteiger partial charge < -0.3 is 4.98 Å². The molecule has 0 aliphatic rings. The summed E-state index contributed by atoms with van der Waals surface area (Å²) < 4.78 is 27.6. The van der Waals surface area contributed by atoms with Crippen molar-refractivity contribution >= 4 is 32.4 Å². The average molecular weight is 394 g/mol. The Hall–Kier alpha value is -3.72. The van der Waals surface area contributed by atoms with Crippen molar-refractivity contribution in [2.75, 3.05) is 4.72 Å². The lowest BCUT2D eigenvalue weighted by molar-refractivity contribution is -0.384. The summed E-state index contributed by atoms with van der Waals surface area (Å²) >= 11 is 0. The first-order valence-electron chi connectivity index (χ1n) is 8.25. The molecule has 28 heavy (non-hydrogen) atoms. The van der Waals surface area contributed by atoms with Gasteiger partial charge in [-0.3, -0.25) is 14.8 Å². The Morgan fingerprint density at radius 1 is 0.964 bits per heavy atom. The van der Waals surface area contributed by atoms with Gasteiger partial charge in [0.15, 0.2) is 0 Å². The van der Waals surface area contributed by atoms with Gasteiger partial charge in [0.1, 0.15) is 5.82 Å². The maximum absolute atomic E-state index is 12.6. The Labute approximate surface area is 160 Å². The minimum atomic E-state index is -3.88. The van der Waals surface area contributed by atoms with Crippen LogP contribution in [0.5, 0.6) is 0 Å². The van der Waals surface area contributed by atoms with Gasteiger partial charge in [0.05, 0.1) is 20.9 Å². The standard InChI is InChI=1S/C19H14N4O4S/c24-23(25)15-8-10-16(11-9-15)28(26,27)22-14-5-3-4-13(12-14)19-20-17-6-1-2-7-18(17)21-19/h1-12,22H,(H,20,21).